The van der Waals surface area contributed by atoms with Crippen molar-refractivity contribution in [1.29, 1.82) is 0 Å². The Bertz CT molecular complexity index is 179. The molecule has 0 aliphatic heterocycles. The predicted octanol–water partition coefficient (Wildman–Crippen LogP) is 3.23. The molecule has 0 spiro atoms. The average Bonchev–Trinajstić information content (AvgIpc) is 2.11. The fourth-order valence-corrected chi connectivity index (χ4v) is 1.28. The van der Waals surface area contributed by atoms with Crippen LogP contribution in [0.4, 0.5) is 0 Å². The molecule has 2 atom stereocenters. The molecule has 0 aromatic rings. The van der Waals surface area contributed by atoms with Gasteiger partial charge >= 0.3 is 0 Å². The zero-order valence-corrected chi connectivity index (χ0v) is 8.38. The molecule has 0 aliphatic rings. The molecule has 0 bridgehead atoms. The van der Waals surface area contributed by atoms with Gasteiger partial charge in [-0.1, -0.05) is 17.7 Å². The number of nitrogens with zero attached hydrogens (tertiary/aromatic N) is 1. The SMILES string of the molecule is C=CCC(/C(C)=C\C)C(C)N=C. The first-order valence-electron chi connectivity index (χ1n) is 4.36. The van der Waals surface area contributed by atoms with Crippen LogP contribution in [0.5, 0.6) is 0 Å². The monoisotopic (exact) mass is 165 g/mol. The van der Waals surface area contributed by atoms with Crippen LogP contribution in [-0.2, 0) is 0 Å². The third kappa shape index (κ3) is 3.04. The van der Waals surface area contributed by atoms with Crippen molar-refractivity contribution in [1.82, 2.24) is 0 Å². The van der Waals surface area contributed by atoms with Crippen LogP contribution in [0.1, 0.15) is 27.2 Å². The van der Waals surface area contributed by atoms with Gasteiger partial charge in [-0.15, -0.1) is 6.58 Å². The summed E-state index contributed by atoms with van der Waals surface area (Å²) in [6, 6.07) is 0.291. The molecule has 0 saturated heterocycles. The molecule has 0 heterocycles. The zero-order valence-electron chi connectivity index (χ0n) is 8.38. The molecule has 0 aromatic heterocycles. The summed E-state index contributed by atoms with van der Waals surface area (Å²) in [4.78, 5) is 4.04. The highest BCUT2D eigenvalue weighted by Gasteiger charge is 2.14. The summed E-state index contributed by atoms with van der Waals surface area (Å²) in [6.07, 6.45) is 5.06. The maximum atomic E-state index is 4.04. The van der Waals surface area contributed by atoms with Crippen LogP contribution in [0.15, 0.2) is 29.3 Å². The second-order valence-corrected chi connectivity index (χ2v) is 3.09. The van der Waals surface area contributed by atoms with E-state index >= 15 is 0 Å². The van der Waals surface area contributed by atoms with Gasteiger partial charge in [0.15, 0.2) is 0 Å². The molecule has 0 N–H and O–H groups in total. The highest BCUT2D eigenvalue weighted by atomic mass is 14.7. The van der Waals surface area contributed by atoms with Crippen molar-refractivity contribution in [2.75, 3.05) is 0 Å². The molecule has 2 unspecified atom stereocenters. The first kappa shape index (κ1) is 11.2. The minimum Gasteiger partial charge on any atom is -0.297 e. The number of aliphatic imine (C=N–C) groups is 1. The van der Waals surface area contributed by atoms with Gasteiger partial charge in [0, 0.05) is 5.92 Å². The molecule has 0 amide bonds. The second kappa shape index (κ2) is 5.76. The lowest BCUT2D eigenvalue weighted by atomic mass is 9.90. The molecular formula is C11H19N. The van der Waals surface area contributed by atoms with Gasteiger partial charge in [-0.25, -0.2) is 0 Å². The van der Waals surface area contributed by atoms with Gasteiger partial charge in [-0.05, 0) is 33.9 Å². The molecule has 0 rings (SSSR count). The van der Waals surface area contributed by atoms with Crippen molar-refractivity contribution >= 4 is 6.72 Å². The van der Waals surface area contributed by atoms with E-state index in [0.29, 0.717) is 12.0 Å². The molecule has 0 aromatic carbocycles. The van der Waals surface area contributed by atoms with Crippen molar-refractivity contribution in [3.05, 3.63) is 24.3 Å². The smallest absolute Gasteiger partial charge is 0.0532 e. The van der Waals surface area contributed by atoms with Gasteiger partial charge in [-0.3, -0.25) is 4.99 Å². The summed E-state index contributed by atoms with van der Waals surface area (Å²) in [6.45, 7) is 13.6. The van der Waals surface area contributed by atoms with E-state index < -0.39 is 0 Å². The third-order valence-corrected chi connectivity index (χ3v) is 2.33. The van der Waals surface area contributed by atoms with Gasteiger partial charge in [0.1, 0.15) is 0 Å². The summed E-state index contributed by atoms with van der Waals surface area (Å²) in [5, 5.41) is 0. The summed E-state index contributed by atoms with van der Waals surface area (Å²) in [7, 11) is 0. The van der Waals surface area contributed by atoms with E-state index in [1.54, 1.807) is 0 Å². The van der Waals surface area contributed by atoms with Crippen molar-refractivity contribution in [3.63, 3.8) is 0 Å². The van der Waals surface area contributed by atoms with Gasteiger partial charge in [0.25, 0.3) is 0 Å². The zero-order chi connectivity index (χ0) is 9.56. The van der Waals surface area contributed by atoms with Crippen LogP contribution >= 0.6 is 0 Å². The van der Waals surface area contributed by atoms with Crippen LogP contribution in [0.3, 0.4) is 0 Å². The van der Waals surface area contributed by atoms with E-state index in [9.17, 15) is 0 Å². The lowest BCUT2D eigenvalue weighted by Gasteiger charge is -2.19. The molecule has 0 saturated carbocycles. The van der Waals surface area contributed by atoms with Gasteiger partial charge in [-0.2, -0.15) is 0 Å². The Morgan fingerprint density at radius 3 is 2.50 bits per heavy atom. The van der Waals surface area contributed by atoms with E-state index in [1.165, 1.54) is 5.57 Å². The third-order valence-electron chi connectivity index (χ3n) is 2.33. The van der Waals surface area contributed by atoms with Gasteiger partial charge < -0.3 is 0 Å². The lowest BCUT2D eigenvalue weighted by Crippen LogP contribution is -2.15. The van der Waals surface area contributed by atoms with Gasteiger partial charge in [0.2, 0.25) is 0 Å². The first-order chi connectivity index (χ1) is 5.67. The van der Waals surface area contributed by atoms with E-state index in [4.69, 9.17) is 0 Å². The summed E-state index contributed by atoms with van der Waals surface area (Å²) in [5.41, 5.74) is 1.37. The Morgan fingerprint density at radius 1 is 1.58 bits per heavy atom. The van der Waals surface area contributed by atoms with Crippen molar-refractivity contribution in [2.45, 2.75) is 33.2 Å². The quantitative estimate of drug-likeness (QED) is 0.438. The second-order valence-electron chi connectivity index (χ2n) is 3.09. The topological polar surface area (TPSA) is 12.4 Å². The fraction of sp³-hybridized carbons (Fsp3) is 0.545. The molecule has 12 heavy (non-hydrogen) atoms. The van der Waals surface area contributed by atoms with Crippen LogP contribution in [0, 0.1) is 5.92 Å². The molecular weight excluding hydrogens is 146 g/mol. The molecule has 68 valence electrons. The minimum atomic E-state index is 0.291. The van der Waals surface area contributed by atoms with Crippen LogP contribution in [0.25, 0.3) is 0 Å². The number of rotatable bonds is 5. The Hall–Kier alpha value is -0.850. The molecule has 0 aliphatic carbocycles. The first-order valence-corrected chi connectivity index (χ1v) is 4.36. The fourth-order valence-electron chi connectivity index (χ4n) is 1.28. The Morgan fingerprint density at radius 2 is 2.17 bits per heavy atom. The highest BCUT2D eigenvalue weighted by Crippen LogP contribution is 2.21. The maximum Gasteiger partial charge on any atom is 0.0532 e. The summed E-state index contributed by atoms with van der Waals surface area (Å²) >= 11 is 0. The Balaban J connectivity index is 4.41. The standard InChI is InChI=1S/C11H19N/c1-6-8-11(9(3)7-2)10(4)12-5/h6-7,10-11H,1,5,8H2,2-4H3/b9-7-. The van der Waals surface area contributed by atoms with E-state index in [2.05, 4.69) is 45.1 Å². The maximum absolute atomic E-state index is 4.04. The van der Waals surface area contributed by atoms with Crippen LogP contribution in [0.2, 0.25) is 0 Å². The van der Waals surface area contributed by atoms with E-state index in [1.807, 2.05) is 6.08 Å². The molecule has 1 nitrogen and oxygen atoms in total. The van der Waals surface area contributed by atoms with E-state index in [0.717, 1.165) is 6.42 Å². The largest absolute Gasteiger partial charge is 0.297 e. The normalized spacial score (nSPS) is 16.8. The molecule has 0 fully saturated rings. The van der Waals surface area contributed by atoms with Crippen molar-refractivity contribution in [2.24, 2.45) is 10.9 Å². The number of allylic oxidation sites excluding steroid dienone is 2. The summed E-state index contributed by atoms with van der Waals surface area (Å²) in [5.74, 6) is 0.477. The van der Waals surface area contributed by atoms with Crippen LogP contribution < -0.4 is 0 Å². The van der Waals surface area contributed by atoms with Crippen molar-refractivity contribution < 1.29 is 0 Å². The molecule has 1 heteroatoms. The number of hydrogen-bond acceptors (Lipinski definition) is 1. The highest BCUT2D eigenvalue weighted by molar-refractivity contribution is 5.25. The predicted molar refractivity (Wildman–Crippen MR) is 56.7 cm³/mol. The van der Waals surface area contributed by atoms with Gasteiger partial charge in [0.05, 0.1) is 6.04 Å². The number of hydrogen-bond donors (Lipinski definition) is 0. The Labute approximate surface area is 75.9 Å². The summed E-state index contributed by atoms with van der Waals surface area (Å²) < 4.78 is 0. The lowest BCUT2D eigenvalue weighted by molar-refractivity contribution is 0.519. The van der Waals surface area contributed by atoms with Crippen LogP contribution in [-0.4, -0.2) is 12.8 Å². The average molecular weight is 165 g/mol. The molecule has 0 radical (unpaired) electrons. The Kier molecular flexibility index (Phi) is 5.35. The van der Waals surface area contributed by atoms with Crippen molar-refractivity contribution in [3.8, 4) is 0 Å². The van der Waals surface area contributed by atoms with E-state index in [-0.39, 0.29) is 0 Å². The minimum absolute atomic E-state index is 0.291.